The van der Waals surface area contributed by atoms with Crippen LogP contribution in [0, 0.1) is 0 Å². The molecule has 0 radical (unpaired) electrons. The van der Waals surface area contributed by atoms with E-state index in [2.05, 4.69) is 26.2 Å². The van der Waals surface area contributed by atoms with Crippen molar-refractivity contribution in [2.45, 2.75) is 39.3 Å². The molecule has 7 heteroatoms. The van der Waals surface area contributed by atoms with Gasteiger partial charge < -0.3 is 10.3 Å². The second-order valence-corrected chi connectivity index (χ2v) is 4.77. The Balaban J connectivity index is 2.86. The molecule has 6 nitrogen and oxygen atoms in total. The van der Waals surface area contributed by atoms with Crippen molar-refractivity contribution in [1.82, 2.24) is 14.9 Å². The molecule has 100 valence electrons. The van der Waals surface area contributed by atoms with Crippen LogP contribution in [0.3, 0.4) is 0 Å². The fourth-order valence-corrected chi connectivity index (χ4v) is 1.87. The number of halogens is 1. The zero-order chi connectivity index (χ0) is 13.7. The third kappa shape index (κ3) is 3.56. The van der Waals surface area contributed by atoms with Gasteiger partial charge in [0.2, 0.25) is 5.91 Å². The van der Waals surface area contributed by atoms with Crippen molar-refractivity contribution in [3.05, 3.63) is 31.5 Å². The SMILES string of the molecule is CCC(CC)NC(=O)Cn1c(=O)[nH]cc(Br)c1=O. The molecule has 1 heterocycles. The van der Waals surface area contributed by atoms with Crippen molar-refractivity contribution in [2.75, 3.05) is 0 Å². The highest BCUT2D eigenvalue weighted by atomic mass is 79.9. The Morgan fingerprint density at radius 2 is 2.06 bits per heavy atom. The molecule has 1 rings (SSSR count). The van der Waals surface area contributed by atoms with Gasteiger partial charge in [0.15, 0.2) is 0 Å². The summed E-state index contributed by atoms with van der Waals surface area (Å²) >= 11 is 3.01. The fourth-order valence-electron chi connectivity index (χ4n) is 1.54. The molecule has 0 fully saturated rings. The van der Waals surface area contributed by atoms with E-state index in [1.54, 1.807) is 0 Å². The van der Waals surface area contributed by atoms with E-state index in [0.717, 1.165) is 17.4 Å². The van der Waals surface area contributed by atoms with Gasteiger partial charge in [-0.3, -0.25) is 9.59 Å². The molecule has 0 aliphatic rings. The molecule has 1 aromatic rings. The summed E-state index contributed by atoms with van der Waals surface area (Å²) in [6, 6.07) is 0.0689. The third-order valence-corrected chi connectivity index (χ3v) is 3.24. The van der Waals surface area contributed by atoms with Crippen molar-refractivity contribution < 1.29 is 4.79 Å². The van der Waals surface area contributed by atoms with Crippen LogP contribution in [0.2, 0.25) is 0 Å². The lowest BCUT2D eigenvalue weighted by molar-refractivity contribution is -0.122. The summed E-state index contributed by atoms with van der Waals surface area (Å²) in [5.74, 6) is -0.339. The van der Waals surface area contributed by atoms with Crippen LogP contribution >= 0.6 is 15.9 Å². The number of nitrogens with zero attached hydrogens (tertiary/aromatic N) is 1. The number of rotatable bonds is 5. The maximum Gasteiger partial charge on any atom is 0.328 e. The van der Waals surface area contributed by atoms with Gasteiger partial charge in [-0.25, -0.2) is 9.36 Å². The predicted octanol–water partition coefficient (Wildman–Crippen LogP) is 0.604. The monoisotopic (exact) mass is 317 g/mol. The number of nitrogens with one attached hydrogen (secondary N) is 2. The Morgan fingerprint density at radius 3 is 2.61 bits per heavy atom. The van der Waals surface area contributed by atoms with Gasteiger partial charge in [-0.2, -0.15) is 0 Å². The van der Waals surface area contributed by atoms with Crippen molar-refractivity contribution in [1.29, 1.82) is 0 Å². The van der Waals surface area contributed by atoms with Crippen LogP contribution in [0.25, 0.3) is 0 Å². The fraction of sp³-hybridized carbons (Fsp3) is 0.545. The van der Waals surface area contributed by atoms with E-state index in [0.29, 0.717) is 0 Å². The first-order valence-electron chi connectivity index (χ1n) is 5.77. The van der Waals surface area contributed by atoms with Gasteiger partial charge in [0.1, 0.15) is 6.54 Å². The van der Waals surface area contributed by atoms with E-state index in [-0.39, 0.29) is 23.0 Å². The number of aromatic amines is 1. The molecule has 18 heavy (non-hydrogen) atoms. The Hall–Kier alpha value is -1.37. The number of hydrogen-bond acceptors (Lipinski definition) is 3. The lowest BCUT2D eigenvalue weighted by atomic mass is 10.2. The minimum atomic E-state index is -0.595. The summed E-state index contributed by atoms with van der Waals surface area (Å²) < 4.78 is 1.08. The second-order valence-electron chi connectivity index (χ2n) is 3.91. The van der Waals surface area contributed by atoms with E-state index in [9.17, 15) is 14.4 Å². The van der Waals surface area contributed by atoms with E-state index in [1.165, 1.54) is 6.20 Å². The quantitative estimate of drug-likeness (QED) is 0.834. The lowest BCUT2D eigenvalue weighted by Crippen LogP contribution is -2.43. The van der Waals surface area contributed by atoms with Gasteiger partial charge >= 0.3 is 5.69 Å². The standard InChI is InChI=1S/C11H16BrN3O3/c1-3-7(4-2)14-9(16)6-15-10(17)8(12)5-13-11(15)18/h5,7H,3-4,6H2,1-2H3,(H,13,18)(H,14,16). The van der Waals surface area contributed by atoms with E-state index >= 15 is 0 Å². The molecular formula is C11H16BrN3O3. The van der Waals surface area contributed by atoms with Crippen LogP contribution in [0.15, 0.2) is 20.3 Å². The Labute approximate surface area is 113 Å². The average molecular weight is 318 g/mol. The Kier molecular flexibility index (Phi) is 5.33. The summed E-state index contributed by atoms with van der Waals surface area (Å²) in [7, 11) is 0. The number of aromatic nitrogens is 2. The van der Waals surface area contributed by atoms with Crippen molar-refractivity contribution >= 4 is 21.8 Å². The third-order valence-electron chi connectivity index (χ3n) is 2.67. The highest BCUT2D eigenvalue weighted by Crippen LogP contribution is 1.97. The topological polar surface area (TPSA) is 84.0 Å². The predicted molar refractivity (Wildman–Crippen MR) is 71.5 cm³/mol. The van der Waals surface area contributed by atoms with E-state index < -0.39 is 11.2 Å². The molecule has 1 aromatic heterocycles. The Morgan fingerprint density at radius 1 is 1.44 bits per heavy atom. The first-order valence-corrected chi connectivity index (χ1v) is 6.56. The summed E-state index contributed by atoms with van der Waals surface area (Å²) in [5.41, 5.74) is -1.11. The minimum Gasteiger partial charge on any atom is -0.352 e. The maximum atomic E-state index is 11.7. The van der Waals surface area contributed by atoms with Gasteiger partial charge in [0.25, 0.3) is 5.56 Å². The zero-order valence-electron chi connectivity index (χ0n) is 10.3. The highest BCUT2D eigenvalue weighted by Gasteiger charge is 2.12. The smallest absolute Gasteiger partial charge is 0.328 e. The van der Waals surface area contributed by atoms with Crippen LogP contribution in [-0.4, -0.2) is 21.5 Å². The normalized spacial score (nSPS) is 10.7. The van der Waals surface area contributed by atoms with E-state index in [4.69, 9.17) is 0 Å². The number of H-pyrrole nitrogens is 1. The average Bonchev–Trinajstić information content (AvgIpc) is 2.36. The molecule has 0 aliphatic heterocycles. The van der Waals surface area contributed by atoms with Crippen LogP contribution in [0.1, 0.15) is 26.7 Å². The van der Waals surface area contributed by atoms with Crippen molar-refractivity contribution in [2.24, 2.45) is 0 Å². The molecular weight excluding hydrogens is 302 g/mol. The number of amides is 1. The highest BCUT2D eigenvalue weighted by molar-refractivity contribution is 9.10. The maximum absolute atomic E-state index is 11.7. The molecule has 2 N–H and O–H groups in total. The molecule has 0 bridgehead atoms. The molecule has 0 saturated heterocycles. The van der Waals surface area contributed by atoms with Gasteiger partial charge in [0.05, 0.1) is 4.47 Å². The molecule has 0 atom stereocenters. The lowest BCUT2D eigenvalue weighted by Gasteiger charge is -2.14. The van der Waals surface area contributed by atoms with Crippen LogP contribution < -0.4 is 16.6 Å². The van der Waals surface area contributed by atoms with Gasteiger partial charge in [-0.1, -0.05) is 13.8 Å². The first kappa shape index (κ1) is 14.7. The van der Waals surface area contributed by atoms with E-state index in [1.807, 2.05) is 13.8 Å². The first-order chi connectivity index (χ1) is 8.49. The Bertz CT molecular complexity index is 531. The molecule has 0 aliphatic carbocycles. The summed E-state index contributed by atoms with van der Waals surface area (Å²) in [5, 5.41) is 2.77. The molecule has 0 unspecified atom stereocenters. The van der Waals surface area contributed by atoms with Gasteiger partial charge in [-0.05, 0) is 28.8 Å². The largest absolute Gasteiger partial charge is 0.352 e. The summed E-state index contributed by atoms with van der Waals surface area (Å²) in [6.07, 6.45) is 2.89. The summed E-state index contributed by atoms with van der Waals surface area (Å²) in [4.78, 5) is 37.2. The van der Waals surface area contributed by atoms with Gasteiger partial charge in [-0.15, -0.1) is 0 Å². The van der Waals surface area contributed by atoms with Crippen LogP contribution in [0.5, 0.6) is 0 Å². The molecule has 0 spiro atoms. The van der Waals surface area contributed by atoms with Crippen LogP contribution in [0.4, 0.5) is 0 Å². The van der Waals surface area contributed by atoms with Crippen molar-refractivity contribution in [3.63, 3.8) is 0 Å². The number of hydrogen-bond donors (Lipinski definition) is 2. The van der Waals surface area contributed by atoms with Crippen LogP contribution in [-0.2, 0) is 11.3 Å². The molecule has 1 amide bonds. The summed E-state index contributed by atoms with van der Waals surface area (Å²) in [6.45, 7) is 3.66. The number of carbonyl (C=O) groups is 1. The molecule has 0 aromatic carbocycles. The second kappa shape index (κ2) is 6.53. The minimum absolute atomic E-state index is 0.0689. The molecule has 0 saturated carbocycles. The zero-order valence-corrected chi connectivity index (χ0v) is 11.9. The van der Waals surface area contributed by atoms with Gasteiger partial charge in [0, 0.05) is 12.2 Å². The van der Waals surface area contributed by atoms with Crippen molar-refractivity contribution in [3.8, 4) is 0 Å². The number of carbonyl (C=O) groups excluding carboxylic acids is 1.